The first kappa shape index (κ1) is 17.1. The molecule has 0 unspecified atom stereocenters. The smallest absolute Gasteiger partial charge is 0.255 e. The maximum atomic E-state index is 12.5. The Morgan fingerprint density at radius 3 is 2.09 bits per heavy atom. The average molecular weight is 380 g/mol. The molecule has 0 aliphatic heterocycles. The quantitative estimate of drug-likeness (QED) is 0.851. The lowest BCUT2D eigenvalue weighted by Gasteiger charge is -2.14. The molecule has 0 saturated heterocycles. The van der Waals surface area contributed by atoms with Gasteiger partial charge >= 0.3 is 0 Å². The minimum absolute atomic E-state index is 0.258. The lowest BCUT2D eigenvalue weighted by Crippen LogP contribution is -2.12. The number of amides is 1. The van der Waals surface area contributed by atoms with Crippen LogP contribution in [0, 0.1) is 6.92 Å². The molecule has 5 nitrogen and oxygen atoms in total. The molecule has 2 aromatic carbocycles. The van der Waals surface area contributed by atoms with E-state index in [0.717, 1.165) is 10.0 Å². The predicted molar refractivity (Wildman–Crippen MR) is 92.9 cm³/mol. The number of nitrogens with one attached hydrogen (secondary N) is 1. The van der Waals surface area contributed by atoms with Gasteiger partial charge in [0.25, 0.3) is 5.91 Å². The zero-order valence-corrected chi connectivity index (χ0v) is 15.0. The molecule has 122 valence electrons. The summed E-state index contributed by atoms with van der Waals surface area (Å²) in [7, 11) is 4.54. The Kier molecular flexibility index (Phi) is 5.50. The zero-order valence-electron chi connectivity index (χ0n) is 13.4. The highest BCUT2D eigenvalue weighted by atomic mass is 79.9. The van der Waals surface area contributed by atoms with Crippen LogP contribution in [-0.2, 0) is 0 Å². The van der Waals surface area contributed by atoms with Crippen LogP contribution in [0.1, 0.15) is 15.9 Å². The van der Waals surface area contributed by atoms with Gasteiger partial charge < -0.3 is 19.5 Å². The van der Waals surface area contributed by atoms with Crippen molar-refractivity contribution in [3.8, 4) is 17.2 Å². The molecule has 0 saturated carbocycles. The fourth-order valence-electron chi connectivity index (χ4n) is 2.14. The van der Waals surface area contributed by atoms with E-state index < -0.39 is 0 Å². The highest BCUT2D eigenvalue weighted by Crippen LogP contribution is 2.38. The first-order chi connectivity index (χ1) is 11.0. The fourth-order valence-corrected chi connectivity index (χ4v) is 2.38. The van der Waals surface area contributed by atoms with E-state index in [4.69, 9.17) is 14.2 Å². The van der Waals surface area contributed by atoms with Gasteiger partial charge in [0.1, 0.15) is 0 Å². The maximum Gasteiger partial charge on any atom is 0.255 e. The van der Waals surface area contributed by atoms with Gasteiger partial charge in [0.15, 0.2) is 11.5 Å². The number of anilines is 1. The summed E-state index contributed by atoms with van der Waals surface area (Å²) in [6.45, 7) is 1.96. The van der Waals surface area contributed by atoms with E-state index in [1.165, 1.54) is 21.3 Å². The maximum absolute atomic E-state index is 12.5. The number of ether oxygens (including phenoxy) is 3. The van der Waals surface area contributed by atoms with Gasteiger partial charge in [0.2, 0.25) is 5.75 Å². The van der Waals surface area contributed by atoms with E-state index in [-0.39, 0.29) is 5.91 Å². The summed E-state index contributed by atoms with van der Waals surface area (Å²) in [6.07, 6.45) is 0. The summed E-state index contributed by atoms with van der Waals surface area (Å²) in [5.74, 6) is 1.06. The van der Waals surface area contributed by atoms with Crippen LogP contribution in [0.2, 0.25) is 0 Å². The third-order valence-corrected chi connectivity index (χ3v) is 4.23. The van der Waals surface area contributed by atoms with Crippen molar-refractivity contribution in [2.45, 2.75) is 6.92 Å². The monoisotopic (exact) mass is 379 g/mol. The minimum Gasteiger partial charge on any atom is -0.493 e. The number of hydrogen-bond donors (Lipinski definition) is 1. The Hall–Kier alpha value is -2.21. The number of carbonyl (C=O) groups excluding carboxylic acids is 1. The molecular formula is C17H18BrNO4. The Bertz CT molecular complexity index is 706. The van der Waals surface area contributed by atoms with Crippen molar-refractivity contribution in [3.63, 3.8) is 0 Å². The third kappa shape index (κ3) is 3.76. The second-order valence-corrected chi connectivity index (χ2v) is 5.69. The summed E-state index contributed by atoms with van der Waals surface area (Å²) in [4.78, 5) is 12.5. The molecule has 2 aromatic rings. The molecule has 0 bridgehead atoms. The van der Waals surface area contributed by atoms with Gasteiger partial charge in [-0.15, -0.1) is 0 Å². The van der Waals surface area contributed by atoms with Gasteiger partial charge in [0, 0.05) is 15.7 Å². The van der Waals surface area contributed by atoms with E-state index in [2.05, 4.69) is 21.2 Å². The van der Waals surface area contributed by atoms with Gasteiger partial charge in [-0.3, -0.25) is 4.79 Å². The number of carbonyl (C=O) groups is 1. The van der Waals surface area contributed by atoms with Gasteiger partial charge in [-0.1, -0.05) is 15.9 Å². The van der Waals surface area contributed by atoms with Crippen LogP contribution >= 0.6 is 15.9 Å². The molecule has 2 rings (SSSR count). The molecule has 0 radical (unpaired) electrons. The van der Waals surface area contributed by atoms with Gasteiger partial charge in [-0.25, -0.2) is 0 Å². The molecule has 0 atom stereocenters. The summed E-state index contributed by atoms with van der Waals surface area (Å²) >= 11 is 3.43. The summed E-state index contributed by atoms with van der Waals surface area (Å²) in [6, 6.07) is 8.83. The number of benzene rings is 2. The van der Waals surface area contributed by atoms with E-state index in [9.17, 15) is 4.79 Å². The molecule has 6 heteroatoms. The van der Waals surface area contributed by atoms with Gasteiger partial charge in [-0.2, -0.15) is 0 Å². The molecular weight excluding hydrogens is 362 g/mol. The molecule has 1 amide bonds. The van der Waals surface area contributed by atoms with Crippen molar-refractivity contribution >= 4 is 27.5 Å². The summed E-state index contributed by atoms with van der Waals surface area (Å²) < 4.78 is 16.8. The first-order valence-corrected chi connectivity index (χ1v) is 7.67. The molecule has 0 fully saturated rings. The van der Waals surface area contributed by atoms with Crippen molar-refractivity contribution < 1.29 is 19.0 Å². The predicted octanol–water partition coefficient (Wildman–Crippen LogP) is 4.04. The van der Waals surface area contributed by atoms with Crippen LogP contribution in [-0.4, -0.2) is 27.2 Å². The van der Waals surface area contributed by atoms with Crippen molar-refractivity contribution in [2.24, 2.45) is 0 Å². The molecule has 0 aliphatic carbocycles. The van der Waals surface area contributed by atoms with Crippen molar-refractivity contribution in [3.05, 3.63) is 45.9 Å². The van der Waals surface area contributed by atoms with Crippen LogP contribution in [0.5, 0.6) is 17.2 Å². The lowest BCUT2D eigenvalue weighted by molar-refractivity contribution is 0.102. The lowest BCUT2D eigenvalue weighted by atomic mass is 10.1. The molecule has 0 aliphatic rings. The number of rotatable bonds is 5. The van der Waals surface area contributed by atoms with Crippen molar-refractivity contribution in [2.75, 3.05) is 26.6 Å². The third-order valence-electron chi connectivity index (χ3n) is 3.34. The Balaban J connectivity index is 2.33. The molecule has 1 N–H and O–H groups in total. The number of halogens is 1. The van der Waals surface area contributed by atoms with E-state index >= 15 is 0 Å². The second-order valence-electron chi connectivity index (χ2n) is 4.83. The van der Waals surface area contributed by atoms with E-state index in [1.54, 1.807) is 12.1 Å². The Morgan fingerprint density at radius 1 is 1.00 bits per heavy atom. The SMILES string of the molecule is COc1cc(C(=O)Nc2ccc(Br)c(C)c2)cc(OC)c1OC. The second kappa shape index (κ2) is 7.37. The summed E-state index contributed by atoms with van der Waals surface area (Å²) in [5.41, 5.74) is 2.16. The topological polar surface area (TPSA) is 56.8 Å². The van der Waals surface area contributed by atoms with Gasteiger partial charge in [-0.05, 0) is 42.8 Å². The summed E-state index contributed by atoms with van der Waals surface area (Å²) in [5, 5.41) is 2.85. The minimum atomic E-state index is -0.258. The van der Waals surface area contributed by atoms with Crippen LogP contribution in [0.4, 0.5) is 5.69 Å². The molecule has 0 aromatic heterocycles. The molecule has 0 spiro atoms. The van der Waals surface area contributed by atoms with Crippen LogP contribution in [0.15, 0.2) is 34.8 Å². The highest BCUT2D eigenvalue weighted by Gasteiger charge is 2.17. The Morgan fingerprint density at radius 2 is 1.61 bits per heavy atom. The largest absolute Gasteiger partial charge is 0.493 e. The van der Waals surface area contributed by atoms with Crippen molar-refractivity contribution in [1.82, 2.24) is 0 Å². The number of hydrogen-bond acceptors (Lipinski definition) is 4. The van der Waals surface area contributed by atoms with Crippen LogP contribution < -0.4 is 19.5 Å². The Labute approximate surface area is 143 Å². The van der Waals surface area contributed by atoms with E-state index in [1.807, 2.05) is 25.1 Å². The van der Waals surface area contributed by atoms with Crippen LogP contribution in [0.3, 0.4) is 0 Å². The standard InChI is InChI=1S/C17H18BrNO4/c1-10-7-12(5-6-13(10)18)19-17(20)11-8-14(21-2)16(23-4)15(9-11)22-3/h5-9H,1-4H3,(H,19,20). The van der Waals surface area contributed by atoms with Crippen molar-refractivity contribution in [1.29, 1.82) is 0 Å². The fraction of sp³-hybridized carbons (Fsp3) is 0.235. The van der Waals surface area contributed by atoms with Crippen LogP contribution in [0.25, 0.3) is 0 Å². The van der Waals surface area contributed by atoms with Gasteiger partial charge in [0.05, 0.1) is 21.3 Å². The number of methoxy groups -OCH3 is 3. The molecule has 23 heavy (non-hydrogen) atoms. The highest BCUT2D eigenvalue weighted by molar-refractivity contribution is 9.10. The average Bonchev–Trinajstić information content (AvgIpc) is 2.56. The zero-order chi connectivity index (χ0) is 17.0. The molecule has 0 heterocycles. The van der Waals surface area contributed by atoms with E-state index in [0.29, 0.717) is 28.5 Å². The first-order valence-electron chi connectivity index (χ1n) is 6.87. The number of aryl methyl sites for hydroxylation is 1. The normalized spacial score (nSPS) is 10.1.